The molecule has 2 aromatic carbocycles. The highest BCUT2D eigenvalue weighted by Crippen LogP contribution is 2.26. The van der Waals surface area contributed by atoms with E-state index < -0.39 is 10.0 Å². The van der Waals surface area contributed by atoms with Crippen LogP contribution in [0.1, 0.15) is 20.9 Å². The summed E-state index contributed by atoms with van der Waals surface area (Å²) in [4.78, 5) is 22.2. The first-order valence-electron chi connectivity index (χ1n) is 10.5. The zero-order chi connectivity index (χ0) is 22.6. The molecule has 168 valence electrons. The van der Waals surface area contributed by atoms with Gasteiger partial charge >= 0.3 is 0 Å². The highest BCUT2D eigenvalue weighted by Gasteiger charge is 2.26. The Hall–Kier alpha value is -2.75. The summed E-state index contributed by atoms with van der Waals surface area (Å²) in [6, 6.07) is 18.5. The maximum Gasteiger partial charge on any atom is 0.266 e. The Kier molecular flexibility index (Phi) is 6.88. The number of amides is 1. The third-order valence-electron chi connectivity index (χ3n) is 5.49. The summed E-state index contributed by atoms with van der Waals surface area (Å²) < 4.78 is 27.6. The summed E-state index contributed by atoms with van der Waals surface area (Å²) >= 11 is 1.08. The van der Waals surface area contributed by atoms with E-state index in [0.717, 1.165) is 37.4 Å². The maximum absolute atomic E-state index is 13.1. The van der Waals surface area contributed by atoms with Crippen molar-refractivity contribution in [3.8, 4) is 0 Å². The minimum atomic E-state index is -3.74. The highest BCUT2D eigenvalue weighted by molar-refractivity contribution is 7.93. The number of anilines is 1. The van der Waals surface area contributed by atoms with E-state index >= 15 is 0 Å². The number of piperazine rings is 1. The zero-order valence-electron chi connectivity index (χ0n) is 17.9. The zero-order valence-corrected chi connectivity index (χ0v) is 19.5. The number of rotatable bonds is 7. The number of aromatic nitrogens is 1. The van der Waals surface area contributed by atoms with Gasteiger partial charge in [-0.3, -0.25) is 14.4 Å². The lowest BCUT2D eigenvalue weighted by Crippen LogP contribution is -2.49. The minimum absolute atomic E-state index is 0.0899. The van der Waals surface area contributed by atoms with Crippen LogP contribution in [0.5, 0.6) is 0 Å². The number of sulfonamides is 1. The summed E-state index contributed by atoms with van der Waals surface area (Å²) in [6.45, 7) is 5.65. The SMILES string of the molecule is Cc1nc(NS(=O)(=O)c2ccccc2)sc1C(=O)N1CCN(CCc2ccccc2)CC1. The number of carbonyl (C=O) groups excluding carboxylic acids is 1. The molecular weight excluding hydrogens is 444 g/mol. The van der Waals surface area contributed by atoms with Crippen molar-refractivity contribution in [3.05, 3.63) is 76.8 Å². The van der Waals surface area contributed by atoms with Gasteiger partial charge in [-0.2, -0.15) is 0 Å². The van der Waals surface area contributed by atoms with Gasteiger partial charge in [0.1, 0.15) is 4.88 Å². The van der Waals surface area contributed by atoms with Gasteiger partial charge in [0.2, 0.25) is 0 Å². The molecule has 0 bridgehead atoms. The van der Waals surface area contributed by atoms with Crippen LogP contribution in [0.4, 0.5) is 5.13 Å². The van der Waals surface area contributed by atoms with Crippen LogP contribution in [-0.4, -0.2) is 61.8 Å². The third-order valence-corrected chi connectivity index (χ3v) is 8.03. The Morgan fingerprint density at radius 2 is 1.62 bits per heavy atom. The molecule has 1 aromatic heterocycles. The number of aryl methyl sites for hydroxylation is 1. The van der Waals surface area contributed by atoms with Gasteiger partial charge in [0.25, 0.3) is 15.9 Å². The first-order chi connectivity index (χ1) is 15.4. The van der Waals surface area contributed by atoms with Crippen molar-refractivity contribution >= 4 is 32.4 Å². The van der Waals surface area contributed by atoms with Crippen LogP contribution in [0.2, 0.25) is 0 Å². The molecule has 4 rings (SSSR count). The van der Waals surface area contributed by atoms with E-state index in [0.29, 0.717) is 23.7 Å². The van der Waals surface area contributed by atoms with E-state index in [1.54, 1.807) is 25.1 Å². The van der Waals surface area contributed by atoms with E-state index in [1.165, 1.54) is 17.7 Å². The van der Waals surface area contributed by atoms with E-state index in [-0.39, 0.29) is 15.9 Å². The van der Waals surface area contributed by atoms with Crippen molar-refractivity contribution in [3.63, 3.8) is 0 Å². The molecule has 2 heterocycles. The van der Waals surface area contributed by atoms with Crippen molar-refractivity contribution in [2.45, 2.75) is 18.2 Å². The van der Waals surface area contributed by atoms with Gasteiger partial charge < -0.3 is 4.90 Å². The van der Waals surface area contributed by atoms with E-state index in [2.05, 4.69) is 38.9 Å². The van der Waals surface area contributed by atoms with Crippen LogP contribution in [0.25, 0.3) is 0 Å². The van der Waals surface area contributed by atoms with Gasteiger partial charge in [-0.15, -0.1) is 0 Å². The Balaban J connectivity index is 1.35. The predicted octanol–water partition coefficient (Wildman–Crippen LogP) is 3.25. The van der Waals surface area contributed by atoms with Crippen molar-refractivity contribution in [1.29, 1.82) is 0 Å². The first-order valence-corrected chi connectivity index (χ1v) is 12.8. The molecule has 0 saturated carbocycles. The molecule has 1 saturated heterocycles. The number of benzene rings is 2. The van der Waals surface area contributed by atoms with E-state index in [4.69, 9.17) is 0 Å². The minimum Gasteiger partial charge on any atom is -0.335 e. The summed E-state index contributed by atoms with van der Waals surface area (Å²) in [5.41, 5.74) is 1.86. The molecule has 0 atom stereocenters. The van der Waals surface area contributed by atoms with Crippen LogP contribution in [0.15, 0.2) is 65.6 Å². The van der Waals surface area contributed by atoms with Crippen molar-refractivity contribution in [2.75, 3.05) is 37.4 Å². The smallest absolute Gasteiger partial charge is 0.266 e. The summed E-state index contributed by atoms with van der Waals surface area (Å²) in [7, 11) is -3.74. The number of thiazole rings is 1. The largest absolute Gasteiger partial charge is 0.335 e. The van der Waals surface area contributed by atoms with Gasteiger partial charge in [0.15, 0.2) is 5.13 Å². The molecular formula is C23H26N4O3S2. The predicted molar refractivity (Wildman–Crippen MR) is 127 cm³/mol. The van der Waals surface area contributed by atoms with Crippen LogP contribution in [0, 0.1) is 6.92 Å². The average molecular weight is 471 g/mol. The topological polar surface area (TPSA) is 82.6 Å². The summed E-state index contributed by atoms with van der Waals surface area (Å²) in [5, 5.41) is 0.205. The third kappa shape index (κ3) is 5.35. The summed E-state index contributed by atoms with van der Waals surface area (Å²) in [6.07, 6.45) is 0.994. The molecule has 1 aliphatic heterocycles. The van der Waals surface area contributed by atoms with Crippen molar-refractivity contribution < 1.29 is 13.2 Å². The molecule has 3 aromatic rings. The number of nitrogens with one attached hydrogen (secondary N) is 1. The average Bonchev–Trinajstić information content (AvgIpc) is 3.18. The molecule has 9 heteroatoms. The first kappa shape index (κ1) is 22.4. The Morgan fingerprint density at radius 3 is 2.28 bits per heavy atom. The molecule has 1 N–H and O–H groups in total. The quantitative estimate of drug-likeness (QED) is 0.573. The Bertz CT molecular complexity index is 1160. The van der Waals surface area contributed by atoms with Crippen LogP contribution < -0.4 is 4.72 Å². The summed E-state index contributed by atoms with van der Waals surface area (Å²) in [5.74, 6) is -0.0899. The van der Waals surface area contributed by atoms with Gasteiger partial charge in [-0.05, 0) is 31.0 Å². The number of hydrogen-bond donors (Lipinski definition) is 1. The van der Waals surface area contributed by atoms with Crippen molar-refractivity contribution in [1.82, 2.24) is 14.8 Å². The maximum atomic E-state index is 13.1. The molecule has 0 unspecified atom stereocenters. The van der Waals surface area contributed by atoms with E-state index in [1.807, 2.05) is 11.0 Å². The lowest BCUT2D eigenvalue weighted by molar-refractivity contribution is 0.0642. The molecule has 1 aliphatic rings. The Morgan fingerprint density at radius 1 is 1.00 bits per heavy atom. The van der Waals surface area contributed by atoms with Gasteiger partial charge in [0, 0.05) is 32.7 Å². The van der Waals surface area contributed by atoms with E-state index in [9.17, 15) is 13.2 Å². The molecule has 7 nitrogen and oxygen atoms in total. The molecule has 0 radical (unpaired) electrons. The van der Waals surface area contributed by atoms with Gasteiger partial charge in [-0.1, -0.05) is 59.9 Å². The second-order valence-electron chi connectivity index (χ2n) is 7.72. The fourth-order valence-corrected chi connectivity index (χ4v) is 5.85. The second-order valence-corrected chi connectivity index (χ2v) is 10.4. The molecule has 0 aliphatic carbocycles. The standard InChI is InChI=1S/C23H26N4O3S2/c1-18-21(31-23(24-18)25-32(29,30)20-10-6-3-7-11-20)22(28)27-16-14-26(15-17-27)13-12-19-8-4-2-5-9-19/h2-11H,12-17H2,1H3,(H,24,25). The molecule has 32 heavy (non-hydrogen) atoms. The van der Waals surface area contributed by atoms with Crippen LogP contribution in [0.3, 0.4) is 0 Å². The Labute approximate surface area is 192 Å². The number of carbonyl (C=O) groups is 1. The van der Waals surface area contributed by atoms with Gasteiger partial charge in [0.05, 0.1) is 10.6 Å². The molecule has 0 spiro atoms. The molecule has 1 fully saturated rings. The molecule has 1 amide bonds. The van der Waals surface area contributed by atoms with Crippen LogP contribution >= 0.6 is 11.3 Å². The lowest BCUT2D eigenvalue weighted by Gasteiger charge is -2.34. The van der Waals surface area contributed by atoms with Gasteiger partial charge in [-0.25, -0.2) is 13.4 Å². The highest BCUT2D eigenvalue weighted by atomic mass is 32.2. The normalized spacial score (nSPS) is 15.0. The number of hydrogen-bond acceptors (Lipinski definition) is 6. The fourth-order valence-electron chi connectivity index (χ4n) is 3.66. The monoisotopic (exact) mass is 470 g/mol. The van der Waals surface area contributed by atoms with Crippen molar-refractivity contribution in [2.24, 2.45) is 0 Å². The number of nitrogens with zero attached hydrogens (tertiary/aromatic N) is 3. The fraction of sp³-hybridized carbons (Fsp3) is 0.304. The van der Waals surface area contributed by atoms with Crippen LogP contribution in [-0.2, 0) is 16.4 Å². The second kappa shape index (κ2) is 9.81. The lowest BCUT2D eigenvalue weighted by atomic mass is 10.1.